The Labute approximate surface area is 118 Å². The van der Waals surface area contributed by atoms with Gasteiger partial charge in [0.2, 0.25) is 11.8 Å². The van der Waals surface area contributed by atoms with E-state index in [4.69, 9.17) is 15.2 Å². The lowest BCUT2D eigenvalue weighted by molar-refractivity contribution is -0.135. The van der Waals surface area contributed by atoms with Crippen LogP contribution in [0.4, 0.5) is 0 Å². The van der Waals surface area contributed by atoms with Gasteiger partial charge in [0, 0.05) is 26.3 Å². The molecule has 0 bridgehead atoms. The van der Waals surface area contributed by atoms with Gasteiger partial charge in [-0.05, 0) is 17.7 Å². The third-order valence-electron chi connectivity index (χ3n) is 2.71. The van der Waals surface area contributed by atoms with E-state index in [-0.39, 0.29) is 12.5 Å². The molecule has 0 atom stereocenters. The first-order chi connectivity index (χ1) is 9.54. The molecule has 0 aliphatic heterocycles. The molecule has 6 nitrogen and oxygen atoms in total. The number of rotatable bonds is 8. The number of amides is 2. The molecule has 0 aliphatic carbocycles. The summed E-state index contributed by atoms with van der Waals surface area (Å²) in [4.78, 5) is 24.4. The van der Waals surface area contributed by atoms with Gasteiger partial charge in [0.25, 0.3) is 0 Å². The molecule has 6 heteroatoms. The number of hydrogen-bond acceptors (Lipinski definition) is 4. The fourth-order valence-corrected chi connectivity index (χ4v) is 1.60. The van der Waals surface area contributed by atoms with Crippen molar-refractivity contribution >= 4 is 11.8 Å². The van der Waals surface area contributed by atoms with Gasteiger partial charge in [0.1, 0.15) is 6.61 Å². The number of likely N-dealkylation sites (N-methyl/N-ethyl adjacent to an activating group) is 1. The maximum Gasteiger partial charge on any atom is 0.248 e. The molecule has 0 aromatic heterocycles. The number of nitrogens with two attached hydrogens (primary N) is 1. The summed E-state index contributed by atoms with van der Waals surface area (Å²) < 4.78 is 9.99. The molecule has 0 radical (unpaired) electrons. The predicted molar refractivity (Wildman–Crippen MR) is 74.1 cm³/mol. The third kappa shape index (κ3) is 5.38. The molecule has 20 heavy (non-hydrogen) atoms. The van der Waals surface area contributed by atoms with Crippen LogP contribution in [0.25, 0.3) is 0 Å². The van der Waals surface area contributed by atoms with Crippen molar-refractivity contribution in [3.05, 3.63) is 35.4 Å². The van der Waals surface area contributed by atoms with Crippen LogP contribution >= 0.6 is 0 Å². The molecule has 1 aromatic rings. The van der Waals surface area contributed by atoms with Crippen LogP contribution in [0.2, 0.25) is 0 Å². The normalized spacial score (nSPS) is 10.3. The molecule has 0 heterocycles. The molecule has 2 amide bonds. The van der Waals surface area contributed by atoms with E-state index in [2.05, 4.69) is 0 Å². The van der Waals surface area contributed by atoms with Crippen LogP contribution in [-0.2, 0) is 20.8 Å². The van der Waals surface area contributed by atoms with Gasteiger partial charge < -0.3 is 20.1 Å². The molecule has 1 aromatic carbocycles. The second kappa shape index (κ2) is 8.29. The lowest BCUT2D eigenvalue weighted by Gasteiger charge is -2.17. The molecule has 0 unspecified atom stereocenters. The zero-order valence-corrected chi connectivity index (χ0v) is 11.8. The van der Waals surface area contributed by atoms with Crippen molar-refractivity contribution in [2.24, 2.45) is 5.73 Å². The van der Waals surface area contributed by atoms with Crippen LogP contribution in [-0.4, -0.2) is 50.7 Å². The van der Waals surface area contributed by atoms with Crippen molar-refractivity contribution in [3.8, 4) is 0 Å². The van der Waals surface area contributed by atoms with E-state index in [1.165, 1.54) is 4.90 Å². The molecule has 110 valence electrons. The van der Waals surface area contributed by atoms with E-state index >= 15 is 0 Å². The number of benzene rings is 1. The van der Waals surface area contributed by atoms with Crippen LogP contribution < -0.4 is 5.73 Å². The zero-order valence-electron chi connectivity index (χ0n) is 11.8. The van der Waals surface area contributed by atoms with Gasteiger partial charge in [-0.25, -0.2) is 0 Å². The van der Waals surface area contributed by atoms with Crippen LogP contribution in [0.3, 0.4) is 0 Å². The van der Waals surface area contributed by atoms with Gasteiger partial charge in [0.15, 0.2) is 0 Å². The monoisotopic (exact) mass is 280 g/mol. The minimum Gasteiger partial charge on any atom is -0.382 e. The Kier molecular flexibility index (Phi) is 6.69. The molecular formula is C14H20N2O4. The SMILES string of the molecule is COCCOCC(=O)N(C)Cc1cccc(C(N)=O)c1. The maximum absolute atomic E-state index is 11.8. The summed E-state index contributed by atoms with van der Waals surface area (Å²) in [7, 11) is 3.25. The fourth-order valence-electron chi connectivity index (χ4n) is 1.60. The second-order valence-electron chi connectivity index (χ2n) is 4.36. The largest absolute Gasteiger partial charge is 0.382 e. The molecule has 0 fully saturated rings. The zero-order chi connectivity index (χ0) is 15.0. The summed E-state index contributed by atoms with van der Waals surface area (Å²) in [6, 6.07) is 6.89. The van der Waals surface area contributed by atoms with Crippen molar-refractivity contribution in [1.82, 2.24) is 4.90 Å². The van der Waals surface area contributed by atoms with Crippen molar-refractivity contribution in [2.75, 3.05) is 34.0 Å². The summed E-state index contributed by atoms with van der Waals surface area (Å²) in [6.07, 6.45) is 0. The van der Waals surface area contributed by atoms with Crippen LogP contribution in [0, 0.1) is 0 Å². The number of hydrogen-bond donors (Lipinski definition) is 1. The number of primary amides is 1. The smallest absolute Gasteiger partial charge is 0.248 e. The summed E-state index contributed by atoms with van der Waals surface area (Å²) in [5.41, 5.74) is 6.49. The van der Waals surface area contributed by atoms with Gasteiger partial charge >= 0.3 is 0 Å². The van der Waals surface area contributed by atoms with Crippen molar-refractivity contribution in [3.63, 3.8) is 0 Å². The van der Waals surface area contributed by atoms with Crippen molar-refractivity contribution in [1.29, 1.82) is 0 Å². The number of carbonyl (C=O) groups excluding carboxylic acids is 2. The quantitative estimate of drug-likeness (QED) is 0.699. The highest BCUT2D eigenvalue weighted by Crippen LogP contribution is 2.07. The Morgan fingerprint density at radius 2 is 2.05 bits per heavy atom. The van der Waals surface area contributed by atoms with Crippen LogP contribution in [0.1, 0.15) is 15.9 Å². The number of ether oxygens (including phenoxy) is 2. The molecule has 0 saturated carbocycles. The lowest BCUT2D eigenvalue weighted by Crippen LogP contribution is -2.30. The minimum atomic E-state index is -0.483. The Morgan fingerprint density at radius 3 is 2.70 bits per heavy atom. The van der Waals surface area contributed by atoms with Crippen molar-refractivity contribution < 1.29 is 19.1 Å². The van der Waals surface area contributed by atoms with Crippen molar-refractivity contribution in [2.45, 2.75) is 6.54 Å². The molecule has 0 saturated heterocycles. The van der Waals surface area contributed by atoms with Crippen LogP contribution in [0.5, 0.6) is 0 Å². The van der Waals surface area contributed by atoms with E-state index in [0.717, 1.165) is 5.56 Å². The fraction of sp³-hybridized carbons (Fsp3) is 0.429. The third-order valence-corrected chi connectivity index (χ3v) is 2.71. The Bertz CT molecular complexity index is 462. The first kappa shape index (κ1) is 16.1. The Hall–Kier alpha value is -1.92. The summed E-state index contributed by atoms with van der Waals surface area (Å²) in [5.74, 6) is -0.616. The standard InChI is InChI=1S/C14H20N2O4/c1-16(13(17)10-20-7-6-19-2)9-11-4-3-5-12(8-11)14(15)18/h3-5,8H,6-7,9-10H2,1-2H3,(H2,15,18). The average Bonchev–Trinajstić information content (AvgIpc) is 2.43. The molecule has 0 spiro atoms. The van der Waals surface area contributed by atoms with Gasteiger partial charge in [-0.1, -0.05) is 12.1 Å². The maximum atomic E-state index is 11.8. The van der Waals surface area contributed by atoms with Crippen LogP contribution in [0.15, 0.2) is 24.3 Å². The Balaban J connectivity index is 2.48. The Morgan fingerprint density at radius 1 is 1.30 bits per heavy atom. The van der Waals surface area contributed by atoms with Gasteiger partial charge in [0.05, 0.1) is 13.2 Å². The predicted octanol–water partition coefficient (Wildman–Crippen LogP) is 0.407. The van der Waals surface area contributed by atoms with E-state index in [1.807, 2.05) is 6.07 Å². The number of carbonyl (C=O) groups is 2. The summed E-state index contributed by atoms with van der Waals surface area (Å²) in [6.45, 7) is 1.24. The first-order valence-electron chi connectivity index (χ1n) is 6.24. The van der Waals surface area contributed by atoms with E-state index in [9.17, 15) is 9.59 Å². The first-order valence-corrected chi connectivity index (χ1v) is 6.24. The highest BCUT2D eigenvalue weighted by Gasteiger charge is 2.10. The lowest BCUT2D eigenvalue weighted by atomic mass is 10.1. The summed E-state index contributed by atoms with van der Waals surface area (Å²) in [5, 5.41) is 0. The summed E-state index contributed by atoms with van der Waals surface area (Å²) >= 11 is 0. The molecule has 0 aliphatic rings. The average molecular weight is 280 g/mol. The number of nitrogens with zero attached hydrogens (tertiary/aromatic N) is 1. The highest BCUT2D eigenvalue weighted by molar-refractivity contribution is 5.92. The van der Waals surface area contributed by atoms with Gasteiger partial charge in [-0.15, -0.1) is 0 Å². The van der Waals surface area contributed by atoms with E-state index in [1.54, 1.807) is 32.4 Å². The van der Waals surface area contributed by atoms with Gasteiger partial charge in [-0.3, -0.25) is 9.59 Å². The highest BCUT2D eigenvalue weighted by atomic mass is 16.5. The number of methoxy groups -OCH3 is 1. The second-order valence-corrected chi connectivity index (χ2v) is 4.36. The minimum absolute atomic E-state index is 0.00930. The topological polar surface area (TPSA) is 81.9 Å². The molecular weight excluding hydrogens is 260 g/mol. The van der Waals surface area contributed by atoms with Gasteiger partial charge in [-0.2, -0.15) is 0 Å². The molecule has 1 rings (SSSR count). The molecule has 2 N–H and O–H groups in total. The van der Waals surface area contributed by atoms with E-state index in [0.29, 0.717) is 25.3 Å². The van der Waals surface area contributed by atoms with E-state index < -0.39 is 5.91 Å².